The number of nitrogens with one attached hydrogen (secondary N) is 1. The summed E-state index contributed by atoms with van der Waals surface area (Å²) in [5, 5.41) is 4.66. The molecule has 4 heteroatoms. The van der Waals surface area contributed by atoms with Gasteiger partial charge in [0.2, 0.25) is 0 Å². The van der Waals surface area contributed by atoms with E-state index in [4.69, 9.17) is 9.47 Å². The monoisotopic (exact) mass is 274 g/mol. The van der Waals surface area contributed by atoms with Gasteiger partial charge in [-0.15, -0.1) is 0 Å². The number of ether oxygens (including phenoxy) is 2. The van der Waals surface area contributed by atoms with Crippen LogP contribution in [0, 0.1) is 0 Å². The van der Waals surface area contributed by atoms with Gasteiger partial charge in [0.05, 0.1) is 5.52 Å². The number of aromatic nitrogens is 1. The maximum Gasteiger partial charge on any atom is 0.163 e. The van der Waals surface area contributed by atoms with Crippen LogP contribution in [0.1, 0.15) is 18.9 Å². The summed E-state index contributed by atoms with van der Waals surface area (Å²) in [5.41, 5.74) is 2.60. The van der Waals surface area contributed by atoms with Gasteiger partial charge in [-0.2, -0.15) is 0 Å². The van der Waals surface area contributed by atoms with E-state index in [0.29, 0.717) is 13.2 Å². The van der Waals surface area contributed by atoms with E-state index in [-0.39, 0.29) is 0 Å². The van der Waals surface area contributed by atoms with Gasteiger partial charge in [0, 0.05) is 24.7 Å². The van der Waals surface area contributed by atoms with Gasteiger partial charge in [0.15, 0.2) is 11.5 Å². The zero-order chi connectivity index (χ0) is 13.9. The molecule has 0 unspecified atom stereocenters. The molecule has 0 atom stereocenters. The maximum atomic E-state index is 5.69. The highest BCUT2D eigenvalue weighted by atomic mass is 16.6. The van der Waals surface area contributed by atoms with E-state index in [1.165, 1.54) is 16.5 Å². The van der Waals surface area contributed by atoms with Crippen molar-refractivity contribution in [1.29, 1.82) is 0 Å². The van der Waals surface area contributed by atoms with Crippen LogP contribution in [-0.4, -0.2) is 30.9 Å². The number of fused-ring (bicyclic) bond motifs is 2. The Morgan fingerprint density at radius 2 is 1.95 bits per heavy atom. The van der Waals surface area contributed by atoms with E-state index < -0.39 is 0 Å². The van der Waals surface area contributed by atoms with Crippen molar-refractivity contribution >= 4 is 10.9 Å². The lowest BCUT2D eigenvalue weighted by molar-refractivity contribution is 0.172. The van der Waals surface area contributed by atoms with Crippen LogP contribution in [-0.2, 0) is 13.5 Å². The predicted octanol–water partition coefficient (Wildman–Crippen LogP) is 2.49. The summed E-state index contributed by atoms with van der Waals surface area (Å²) in [6.45, 7) is 5.52. The molecule has 108 valence electrons. The third-order valence-corrected chi connectivity index (χ3v) is 3.79. The molecule has 1 aromatic carbocycles. The zero-order valence-electron chi connectivity index (χ0n) is 12.2. The van der Waals surface area contributed by atoms with Gasteiger partial charge in [0.25, 0.3) is 0 Å². The Labute approximate surface area is 119 Å². The third kappa shape index (κ3) is 2.48. The molecule has 0 fully saturated rings. The first-order valence-electron chi connectivity index (χ1n) is 7.38. The fourth-order valence-corrected chi connectivity index (χ4v) is 2.78. The number of nitrogens with zero attached hydrogens (tertiary/aromatic N) is 1. The Balaban J connectivity index is 1.89. The molecular weight excluding hydrogens is 252 g/mol. The molecule has 2 aromatic rings. The van der Waals surface area contributed by atoms with Crippen molar-refractivity contribution in [3.63, 3.8) is 0 Å². The quantitative estimate of drug-likeness (QED) is 0.851. The average Bonchev–Trinajstić information content (AvgIpc) is 2.78. The predicted molar refractivity (Wildman–Crippen MR) is 80.8 cm³/mol. The number of rotatable bonds is 5. The summed E-state index contributed by atoms with van der Waals surface area (Å²) in [4.78, 5) is 0. The van der Waals surface area contributed by atoms with Crippen LogP contribution in [0.3, 0.4) is 0 Å². The van der Waals surface area contributed by atoms with Gasteiger partial charge >= 0.3 is 0 Å². The molecule has 1 aliphatic heterocycles. The SMILES string of the molecule is CCNCCCc1cn(C)c2cc3c(cc12)OCCO3. The van der Waals surface area contributed by atoms with Gasteiger partial charge in [0.1, 0.15) is 13.2 Å². The van der Waals surface area contributed by atoms with E-state index in [2.05, 4.69) is 42.2 Å². The van der Waals surface area contributed by atoms with Gasteiger partial charge in [-0.25, -0.2) is 0 Å². The Morgan fingerprint density at radius 3 is 2.70 bits per heavy atom. The van der Waals surface area contributed by atoms with Crippen molar-refractivity contribution < 1.29 is 9.47 Å². The molecule has 2 heterocycles. The lowest BCUT2D eigenvalue weighted by Gasteiger charge is -2.18. The summed E-state index contributed by atoms with van der Waals surface area (Å²) >= 11 is 0. The highest BCUT2D eigenvalue weighted by Crippen LogP contribution is 2.36. The molecule has 1 N–H and O–H groups in total. The molecule has 1 aromatic heterocycles. The number of benzene rings is 1. The van der Waals surface area contributed by atoms with Crippen LogP contribution in [0.4, 0.5) is 0 Å². The summed E-state index contributed by atoms with van der Waals surface area (Å²) < 4.78 is 13.5. The number of hydrogen-bond donors (Lipinski definition) is 1. The molecule has 0 saturated carbocycles. The van der Waals surface area contributed by atoms with Gasteiger partial charge in [-0.3, -0.25) is 0 Å². The van der Waals surface area contributed by atoms with Gasteiger partial charge < -0.3 is 19.4 Å². The number of aryl methyl sites for hydroxylation is 2. The first kappa shape index (κ1) is 13.3. The van der Waals surface area contributed by atoms with Crippen molar-refractivity contribution in [2.45, 2.75) is 19.8 Å². The van der Waals surface area contributed by atoms with Crippen molar-refractivity contribution in [2.24, 2.45) is 7.05 Å². The van der Waals surface area contributed by atoms with Crippen LogP contribution in [0.25, 0.3) is 10.9 Å². The lowest BCUT2D eigenvalue weighted by Crippen LogP contribution is -2.15. The number of hydrogen-bond acceptors (Lipinski definition) is 3. The highest BCUT2D eigenvalue weighted by molar-refractivity contribution is 5.87. The second-order valence-electron chi connectivity index (χ2n) is 5.24. The minimum atomic E-state index is 0.637. The molecule has 0 spiro atoms. The minimum absolute atomic E-state index is 0.637. The molecule has 20 heavy (non-hydrogen) atoms. The normalized spacial score (nSPS) is 13.9. The fraction of sp³-hybridized carbons (Fsp3) is 0.500. The van der Waals surface area contributed by atoms with E-state index in [9.17, 15) is 0 Å². The van der Waals surface area contributed by atoms with E-state index in [1.807, 2.05) is 0 Å². The maximum absolute atomic E-state index is 5.69. The van der Waals surface area contributed by atoms with Gasteiger partial charge in [-0.05, 0) is 37.6 Å². The molecule has 1 aliphatic rings. The topological polar surface area (TPSA) is 35.4 Å². The minimum Gasteiger partial charge on any atom is -0.486 e. The molecule has 4 nitrogen and oxygen atoms in total. The Kier molecular flexibility index (Phi) is 3.83. The molecule has 3 rings (SSSR count). The van der Waals surface area contributed by atoms with Crippen LogP contribution >= 0.6 is 0 Å². The van der Waals surface area contributed by atoms with Gasteiger partial charge in [-0.1, -0.05) is 6.92 Å². The first-order chi connectivity index (χ1) is 9.79. The summed E-state index contributed by atoms with van der Waals surface area (Å²) in [6.07, 6.45) is 4.47. The summed E-state index contributed by atoms with van der Waals surface area (Å²) in [6, 6.07) is 4.23. The fourth-order valence-electron chi connectivity index (χ4n) is 2.78. The molecule has 0 radical (unpaired) electrons. The highest BCUT2D eigenvalue weighted by Gasteiger charge is 2.16. The second kappa shape index (κ2) is 5.75. The molecular formula is C16H22N2O2. The van der Waals surface area contributed by atoms with Crippen molar-refractivity contribution in [2.75, 3.05) is 26.3 Å². The third-order valence-electron chi connectivity index (χ3n) is 3.79. The van der Waals surface area contributed by atoms with E-state index >= 15 is 0 Å². The van der Waals surface area contributed by atoms with Crippen LogP contribution < -0.4 is 14.8 Å². The zero-order valence-corrected chi connectivity index (χ0v) is 12.2. The van der Waals surface area contributed by atoms with Crippen molar-refractivity contribution in [3.8, 4) is 11.5 Å². The Morgan fingerprint density at radius 1 is 1.20 bits per heavy atom. The van der Waals surface area contributed by atoms with Crippen LogP contribution in [0.15, 0.2) is 18.3 Å². The molecule has 0 bridgehead atoms. The van der Waals surface area contributed by atoms with Crippen molar-refractivity contribution in [1.82, 2.24) is 9.88 Å². The summed E-state index contributed by atoms with van der Waals surface area (Å²) in [7, 11) is 2.09. The Bertz CT molecular complexity index is 604. The average molecular weight is 274 g/mol. The largest absolute Gasteiger partial charge is 0.486 e. The molecule has 0 saturated heterocycles. The lowest BCUT2D eigenvalue weighted by atomic mass is 10.1. The standard InChI is InChI=1S/C16H22N2O2/c1-3-17-6-4-5-12-11-18(2)14-10-16-15(9-13(12)14)19-7-8-20-16/h9-11,17H,3-8H2,1-2H3. The van der Waals surface area contributed by atoms with E-state index in [1.54, 1.807) is 0 Å². The van der Waals surface area contributed by atoms with Crippen LogP contribution in [0.5, 0.6) is 11.5 Å². The van der Waals surface area contributed by atoms with Crippen LogP contribution in [0.2, 0.25) is 0 Å². The van der Waals surface area contributed by atoms with E-state index in [0.717, 1.165) is 37.4 Å². The molecule has 0 amide bonds. The smallest absolute Gasteiger partial charge is 0.163 e. The molecule has 0 aliphatic carbocycles. The van der Waals surface area contributed by atoms with Crippen molar-refractivity contribution in [3.05, 3.63) is 23.9 Å². The Hall–Kier alpha value is -1.68. The first-order valence-corrected chi connectivity index (χ1v) is 7.38. The second-order valence-corrected chi connectivity index (χ2v) is 5.24. The summed E-state index contributed by atoms with van der Waals surface area (Å²) in [5.74, 6) is 1.74.